The highest BCUT2D eigenvalue weighted by Crippen LogP contribution is 2.37. The highest BCUT2D eigenvalue weighted by molar-refractivity contribution is 5.89. The fourth-order valence-electron chi connectivity index (χ4n) is 3.91. The molecule has 2 aromatic heterocycles. The zero-order valence-electron chi connectivity index (χ0n) is 18.1. The maximum Gasteiger partial charge on any atom is 0.229 e. The van der Waals surface area contributed by atoms with Gasteiger partial charge in [0.05, 0.1) is 23.6 Å². The molecule has 1 atom stereocenters. The van der Waals surface area contributed by atoms with Crippen molar-refractivity contribution in [2.24, 2.45) is 0 Å². The first-order valence-electron chi connectivity index (χ1n) is 10.1. The van der Waals surface area contributed by atoms with Gasteiger partial charge in [-0.25, -0.2) is 4.98 Å². The number of pyridine rings is 1. The fourth-order valence-corrected chi connectivity index (χ4v) is 3.91. The summed E-state index contributed by atoms with van der Waals surface area (Å²) in [4.78, 5) is 4.72. The van der Waals surface area contributed by atoms with Crippen LogP contribution in [0, 0.1) is 27.7 Å². The lowest BCUT2D eigenvalue weighted by Gasteiger charge is -2.17. The molecule has 0 aliphatic heterocycles. The Bertz CT molecular complexity index is 974. The first-order chi connectivity index (χ1) is 13.3. The maximum atomic E-state index is 9.80. The van der Waals surface area contributed by atoms with Gasteiger partial charge in [0.25, 0.3) is 0 Å². The average Bonchev–Trinajstić information content (AvgIpc) is 2.95. The van der Waals surface area contributed by atoms with Gasteiger partial charge in [-0.15, -0.1) is 0 Å². The van der Waals surface area contributed by atoms with Gasteiger partial charge in [-0.3, -0.25) is 0 Å². The molecule has 0 saturated carbocycles. The summed E-state index contributed by atoms with van der Waals surface area (Å²) < 4.78 is 8.58. The Balaban J connectivity index is 2.15. The molecule has 4 heteroatoms. The highest BCUT2D eigenvalue weighted by atomic mass is 16.5. The van der Waals surface area contributed by atoms with Crippen LogP contribution in [-0.2, 0) is 0 Å². The molecule has 150 valence electrons. The number of hydrogen-bond donors (Lipinski definition) is 1. The molecule has 28 heavy (non-hydrogen) atoms. The van der Waals surface area contributed by atoms with Crippen LogP contribution in [0.5, 0.6) is 11.6 Å². The van der Waals surface area contributed by atoms with Crippen LogP contribution in [0.2, 0.25) is 0 Å². The van der Waals surface area contributed by atoms with Gasteiger partial charge in [-0.1, -0.05) is 32.9 Å². The topological polar surface area (TPSA) is 47.3 Å². The van der Waals surface area contributed by atoms with Crippen LogP contribution >= 0.6 is 0 Å². The lowest BCUT2D eigenvalue weighted by atomic mass is 9.98. The number of aliphatic hydroxyl groups excluding tert-OH is 1. The van der Waals surface area contributed by atoms with Crippen molar-refractivity contribution in [3.63, 3.8) is 0 Å². The number of ether oxygens (including phenoxy) is 1. The van der Waals surface area contributed by atoms with Crippen LogP contribution in [0.3, 0.4) is 0 Å². The lowest BCUT2D eigenvalue weighted by Crippen LogP contribution is -2.11. The Kier molecular flexibility index (Phi) is 5.80. The molecule has 0 saturated heterocycles. The van der Waals surface area contributed by atoms with Crippen molar-refractivity contribution in [3.8, 4) is 11.6 Å². The first kappa shape index (κ1) is 20.4. The smallest absolute Gasteiger partial charge is 0.229 e. The molecule has 0 bridgehead atoms. The van der Waals surface area contributed by atoms with Gasteiger partial charge in [0, 0.05) is 11.9 Å². The predicted molar refractivity (Wildman–Crippen MR) is 116 cm³/mol. The molecule has 3 aromatic rings. The zero-order chi connectivity index (χ0) is 20.6. The van der Waals surface area contributed by atoms with E-state index in [1.165, 1.54) is 5.56 Å². The molecule has 0 aliphatic rings. The van der Waals surface area contributed by atoms with Crippen LogP contribution in [0.1, 0.15) is 67.1 Å². The van der Waals surface area contributed by atoms with Crippen molar-refractivity contribution < 1.29 is 9.84 Å². The van der Waals surface area contributed by atoms with Crippen LogP contribution < -0.4 is 4.74 Å². The molecule has 3 rings (SSSR count). The van der Waals surface area contributed by atoms with Crippen molar-refractivity contribution in [3.05, 3.63) is 52.3 Å². The Labute approximate surface area is 168 Å². The van der Waals surface area contributed by atoms with E-state index in [0.29, 0.717) is 11.8 Å². The fraction of sp³-hybridized carbons (Fsp3) is 0.458. The number of benzene rings is 1. The molecule has 1 unspecified atom stereocenters. The van der Waals surface area contributed by atoms with Gasteiger partial charge in [-0.05, 0) is 68.4 Å². The Morgan fingerprint density at radius 3 is 2.21 bits per heavy atom. The normalized spacial score (nSPS) is 12.8. The third-order valence-electron chi connectivity index (χ3n) is 5.52. The number of aryl methyl sites for hydroxylation is 4. The van der Waals surface area contributed by atoms with Gasteiger partial charge >= 0.3 is 0 Å². The second-order valence-corrected chi connectivity index (χ2v) is 8.17. The molecule has 1 aromatic carbocycles. The third kappa shape index (κ3) is 3.66. The van der Waals surface area contributed by atoms with E-state index < -0.39 is 0 Å². The average molecular weight is 381 g/mol. The Hall–Kier alpha value is -2.33. The molecule has 2 heterocycles. The van der Waals surface area contributed by atoms with Crippen LogP contribution in [-0.4, -0.2) is 21.3 Å². The molecule has 0 aliphatic carbocycles. The van der Waals surface area contributed by atoms with E-state index in [-0.39, 0.29) is 12.6 Å². The third-order valence-corrected chi connectivity index (χ3v) is 5.52. The summed E-state index contributed by atoms with van der Waals surface area (Å²) in [7, 11) is 0. The monoisotopic (exact) mass is 380 g/mol. The maximum absolute atomic E-state index is 9.80. The van der Waals surface area contributed by atoms with E-state index in [1.54, 1.807) is 0 Å². The lowest BCUT2D eigenvalue weighted by molar-refractivity contribution is 0.227. The van der Waals surface area contributed by atoms with Gasteiger partial charge < -0.3 is 14.4 Å². The molecule has 0 spiro atoms. The summed E-state index contributed by atoms with van der Waals surface area (Å²) in [6.45, 7) is 14.9. The number of fused-ring (bicyclic) bond motifs is 1. The number of aromatic nitrogens is 2. The minimum absolute atomic E-state index is 0.0552. The minimum Gasteiger partial charge on any atom is -0.438 e. The van der Waals surface area contributed by atoms with E-state index in [1.807, 2.05) is 6.92 Å². The van der Waals surface area contributed by atoms with Crippen molar-refractivity contribution >= 4 is 10.9 Å². The Morgan fingerprint density at radius 1 is 1.04 bits per heavy atom. The summed E-state index contributed by atoms with van der Waals surface area (Å²) in [5.74, 6) is 2.00. The summed E-state index contributed by atoms with van der Waals surface area (Å²) >= 11 is 0. The quantitative estimate of drug-likeness (QED) is 0.559. The number of nitrogens with zero attached hydrogens (tertiary/aromatic N) is 2. The standard InChI is InChI=1S/C24H32N2O2/c1-8-20(13-27)26-12-17(6)22-21(26)11-18(7)25-24(22)28-23-15(4)9-19(14(2)3)10-16(23)5/h9-12,14,20,27H,8,13H2,1-7H3. The van der Waals surface area contributed by atoms with E-state index in [9.17, 15) is 5.11 Å². The molecule has 0 fully saturated rings. The number of aliphatic hydroxyl groups is 1. The number of hydrogen-bond acceptors (Lipinski definition) is 3. The molecular weight excluding hydrogens is 348 g/mol. The molecule has 0 radical (unpaired) electrons. The first-order valence-corrected chi connectivity index (χ1v) is 10.1. The second-order valence-electron chi connectivity index (χ2n) is 8.17. The van der Waals surface area contributed by atoms with Crippen molar-refractivity contribution in [2.75, 3.05) is 6.61 Å². The molecule has 4 nitrogen and oxygen atoms in total. The predicted octanol–water partition coefficient (Wildman–Crippen LogP) is 6.13. The summed E-state index contributed by atoms with van der Waals surface area (Å²) in [6, 6.07) is 6.54. The summed E-state index contributed by atoms with van der Waals surface area (Å²) in [5.41, 5.74) is 6.65. The van der Waals surface area contributed by atoms with E-state index in [4.69, 9.17) is 9.72 Å². The van der Waals surface area contributed by atoms with Crippen LogP contribution in [0.4, 0.5) is 0 Å². The van der Waals surface area contributed by atoms with E-state index in [2.05, 4.69) is 70.5 Å². The van der Waals surface area contributed by atoms with E-state index >= 15 is 0 Å². The molecule has 0 amide bonds. The largest absolute Gasteiger partial charge is 0.438 e. The Morgan fingerprint density at radius 2 is 1.68 bits per heavy atom. The van der Waals surface area contributed by atoms with Crippen molar-refractivity contribution in [1.29, 1.82) is 0 Å². The van der Waals surface area contributed by atoms with Gasteiger partial charge in [0.1, 0.15) is 5.75 Å². The minimum atomic E-state index is 0.0552. The van der Waals surface area contributed by atoms with Crippen LogP contribution in [0.25, 0.3) is 10.9 Å². The zero-order valence-corrected chi connectivity index (χ0v) is 18.1. The van der Waals surface area contributed by atoms with Gasteiger partial charge in [-0.2, -0.15) is 0 Å². The molecular formula is C24H32N2O2. The second kappa shape index (κ2) is 7.96. The number of rotatable bonds is 6. The summed E-state index contributed by atoms with van der Waals surface area (Å²) in [6.07, 6.45) is 2.97. The van der Waals surface area contributed by atoms with Crippen molar-refractivity contribution in [2.45, 2.75) is 66.8 Å². The summed E-state index contributed by atoms with van der Waals surface area (Å²) in [5, 5.41) is 10.8. The highest BCUT2D eigenvalue weighted by Gasteiger charge is 2.19. The SMILES string of the molecule is CCC(CO)n1cc(C)c2c(Oc3c(C)cc(C(C)C)cc3C)nc(C)cc21. The van der Waals surface area contributed by atoms with Crippen molar-refractivity contribution in [1.82, 2.24) is 9.55 Å². The van der Waals surface area contributed by atoms with Crippen LogP contribution in [0.15, 0.2) is 24.4 Å². The van der Waals surface area contributed by atoms with Gasteiger partial charge in [0.15, 0.2) is 0 Å². The van der Waals surface area contributed by atoms with Gasteiger partial charge in [0.2, 0.25) is 5.88 Å². The van der Waals surface area contributed by atoms with E-state index in [0.717, 1.165) is 45.5 Å². The molecule has 1 N–H and O–H groups in total.